The number of aliphatic hydroxyl groups excluding tert-OH is 1. The quantitative estimate of drug-likeness (QED) is 0.860. The molecule has 1 amide bonds. The molecule has 2 aliphatic heterocycles. The fourth-order valence-electron chi connectivity index (χ4n) is 3.49. The number of amides is 1. The first-order valence-corrected chi connectivity index (χ1v) is 6.96. The summed E-state index contributed by atoms with van der Waals surface area (Å²) in [7, 11) is 0. The molecule has 0 radical (unpaired) electrons. The van der Waals surface area contributed by atoms with Crippen LogP contribution in [0.15, 0.2) is 24.3 Å². The summed E-state index contributed by atoms with van der Waals surface area (Å²) in [5, 5.41) is 9.79. The van der Waals surface area contributed by atoms with E-state index in [1.807, 2.05) is 12.1 Å². The normalized spacial score (nSPS) is 30.5. The van der Waals surface area contributed by atoms with E-state index in [9.17, 15) is 9.90 Å². The third-order valence-corrected chi connectivity index (χ3v) is 4.46. The predicted molar refractivity (Wildman–Crippen MR) is 72.6 cm³/mol. The topological polar surface area (TPSA) is 66.6 Å². The average molecular weight is 260 g/mol. The molecule has 2 unspecified atom stereocenters. The highest BCUT2D eigenvalue weighted by atomic mass is 16.3. The molecular weight excluding hydrogens is 240 g/mol. The van der Waals surface area contributed by atoms with Crippen molar-refractivity contribution in [1.29, 1.82) is 0 Å². The molecule has 2 atom stereocenters. The van der Waals surface area contributed by atoms with E-state index < -0.39 is 0 Å². The number of primary amides is 1. The van der Waals surface area contributed by atoms with Crippen molar-refractivity contribution in [3.63, 3.8) is 0 Å². The van der Waals surface area contributed by atoms with Crippen LogP contribution >= 0.6 is 0 Å². The zero-order chi connectivity index (χ0) is 13.4. The summed E-state index contributed by atoms with van der Waals surface area (Å²) in [6.45, 7) is 0.904. The Bertz CT molecular complexity index is 458. The Labute approximate surface area is 113 Å². The number of nitrogens with zero attached hydrogens (tertiary/aromatic N) is 1. The molecule has 2 aliphatic rings. The minimum Gasteiger partial charge on any atom is -0.393 e. The van der Waals surface area contributed by atoms with Gasteiger partial charge in [-0.2, -0.15) is 0 Å². The number of carbonyl (C=O) groups is 1. The highest BCUT2D eigenvalue weighted by Crippen LogP contribution is 2.36. The van der Waals surface area contributed by atoms with Crippen molar-refractivity contribution < 1.29 is 9.90 Å². The summed E-state index contributed by atoms with van der Waals surface area (Å²) in [5.74, 6) is -0.382. The fraction of sp³-hybridized carbons (Fsp3) is 0.533. The first-order chi connectivity index (χ1) is 9.13. The van der Waals surface area contributed by atoms with Crippen molar-refractivity contribution in [3.8, 4) is 0 Å². The Morgan fingerprint density at radius 1 is 1.21 bits per heavy atom. The highest BCUT2D eigenvalue weighted by molar-refractivity contribution is 5.92. The fourth-order valence-corrected chi connectivity index (χ4v) is 3.49. The molecule has 19 heavy (non-hydrogen) atoms. The summed E-state index contributed by atoms with van der Waals surface area (Å²) in [6, 6.07) is 8.57. The van der Waals surface area contributed by atoms with Gasteiger partial charge in [0.15, 0.2) is 0 Å². The van der Waals surface area contributed by atoms with E-state index in [1.54, 1.807) is 12.1 Å². The summed E-state index contributed by atoms with van der Waals surface area (Å²) in [5.41, 5.74) is 7.00. The number of piperidine rings is 1. The Kier molecular flexibility index (Phi) is 3.29. The van der Waals surface area contributed by atoms with E-state index in [0.29, 0.717) is 17.6 Å². The standard InChI is InChI=1S/C15H20N2O2/c16-15(19)11-3-1-10(2-4-11)9-17-12-5-6-13(17)8-14(18)7-12/h1-4,12-14,18H,5-9H2,(H2,16,19). The molecule has 2 fully saturated rings. The highest BCUT2D eigenvalue weighted by Gasteiger charge is 2.39. The van der Waals surface area contributed by atoms with Crippen molar-refractivity contribution in [2.24, 2.45) is 5.73 Å². The maximum absolute atomic E-state index is 11.0. The number of benzene rings is 1. The maximum atomic E-state index is 11.0. The predicted octanol–water partition coefficient (Wildman–Crippen LogP) is 1.27. The lowest BCUT2D eigenvalue weighted by atomic mass is 9.99. The van der Waals surface area contributed by atoms with Gasteiger partial charge in [0.25, 0.3) is 0 Å². The number of hydrogen-bond donors (Lipinski definition) is 2. The van der Waals surface area contributed by atoms with Crippen molar-refractivity contribution in [2.75, 3.05) is 0 Å². The average Bonchev–Trinajstić information content (AvgIpc) is 2.62. The van der Waals surface area contributed by atoms with Gasteiger partial charge in [0.2, 0.25) is 5.91 Å². The van der Waals surface area contributed by atoms with Crippen LogP contribution in [0, 0.1) is 0 Å². The van der Waals surface area contributed by atoms with Gasteiger partial charge in [-0.05, 0) is 43.4 Å². The van der Waals surface area contributed by atoms with E-state index in [4.69, 9.17) is 5.73 Å². The molecule has 3 rings (SSSR count). The zero-order valence-corrected chi connectivity index (χ0v) is 11.0. The number of rotatable bonds is 3. The number of nitrogens with two attached hydrogens (primary N) is 1. The molecule has 0 aromatic heterocycles. The molecule has 0 aliphatic carbocycles. The Morgan fingerprint density at radius 2 is 1.79 bits per heavy atom. The molecule has 2 bridgehead atoms. The number of carbonyl (C=O) groups excluding carboxylic acids is 1. The van der Waals surface area contributed by atoms with E-state index in [1.165, 1.54) is 18.4 Å². The smallest absolute Gasteiger partial charge is 0.248 e. The molecule has 1 aromatic carbocycles. The largest absolute Gasteiger partial charge is 0.393 e. The summed E-state index contributed by atoms with van der Waals surface area (Å²) in [6.07, 6.45) is 4.07. The molecular formula is C15H20N2O2. The number of aliphatic hydroxyl groups is 1. The lowest BCUT2D eigenvalue weighted by Gasteiger charge is -2.37. The van der Waals surface area contributed by atoms with Crippen LogP contribution in [0.5, 0.6) is 0 Å². The van der Waals surface area contributed by atoms with Crippen molar-refractivity contribution in [2.45, 2.75) is 50.4 Å². The number of hydrogen-bond acceptors (Lipinski definition) is 3. The number of fused-ring (bicyclic) bond motifs is 2. The van der Waals surface area contributed by atoms with Gasteiger partial charge < -0.3 is 10.8 Å². The van der Waals surface area contributed by atoms with E-state index in [0.717, 1.165) is 19.4 Å². The van der Waals surface area contributed by atoms with Gasteiger partial charge in [-0.15, -0.1) is 0 Å². The second-order valence-electron chi connectivity index (χ2n) is 5.74. The summed E-state index contributed by atoms with van der Waals surface area (Å²) < 4.78 is 0. The van der Waals surface area contributed by atoms with Crippen molar-refractivity contribution in [3.05, 3.63) is 35.4 Å². The van der Waals surface area contributed by atoms with Gasteiger partial charge in [-0.3, -0.25) is 9.69 Å². The summed E-state index contributed by atoms with van der Waals surface area (Å²) >= 11 is 0. The Morgan fingerprint density at radius 3 is 2.32 bits per heavy atom. The van der Waals surface area contributed by atoms with E-state index in [2.05, 4.69) is 4.90 Å². The first-order valence-electron chi connectivity index (χ1n) is 6.96. The molecule has 102 valence electrons. The van der Waals surface area contributed by atoms with Crippen LogP contribution in [-0.2, 0) is 6.54 Å². The molecule has 4 nitrogen and oxygen atoms in total. The Hall–Kier alpha value is -1.39. The van der Waals surface area contributed by atoms with Crippen LogP contribution in [0.25, 0.3) is 0 Å². The zero-order valence-electron chi connectivity index (χ0n) is 11.0. The molecule has 2 heterocycles. The minimum atomic E-state index is -0.382. The molecule has 0 spiro atoms. The third kappa shape index (κ3) is 2.51. The molecule has 3 N–H and O–H groups in total. The lowest BCUT2D eigenvalue weighted by molar-refractivity contribution is 0.0310. The van der Waals surface area contributed by atoms with Gasteiger partial charge >= 0.3 is 0 Å². The molecule has 0 saturated carbocycles. The third-order valence-electron chi connectivity index (χ3n) is 4.46. The van der Waals surface area contributed by atoms with E-state index in [-0.39, 0.29) is 12.0 Å². The second kappa shape index (κ2) is 4.94. The monoisotopic (exact) mass is 260 g/mol. The van der Waals surface area contributed by atoms with Gasteiger partial charge in [-0.25, -0.2) is 0 Å². The second-order valence-corrected chi connectivity index (χ2v) is 5.74. The van der Waals surface area contributed by atoms with Crippen LogP contribution in [0.2, 0.25) is 0 Å². The van der Waals surface area contributed by atoms with Crippen molar-refractivity contribution >= 4 is 5.91 Å². The minimum absolute atomic E-state index is 0.119. The van der Waals surface area contributed by atoms with Gasteiger partial charge in [0.05, 0.1) is 6.10 Å². The van der Waals surface area contributed by atoms with Crippen LogP contribution in [0.4, 0.5) is 0 Å². The van der Waals surface area contributed by atoms with Crippen LogP contribution in [0.3, 0.4) is 0 Å². The summed E-state index contributed by atoms with van der Waals surface area (Å²) in [4.78, 5) is 13.5. The van der Waals surface area contributed by atoms with Crippen LogP contribution in [0.1, 0.15) is 41.6 Å². The lowest BCUT2D eigenvalue weighted by Crippen LogP contribution is -2.44. The van der Waals surface area contributed by atoms with Gasteiger partial charge in [-0.1, -0.05) is 12.1 Å². The van der Waals surface area contributed by atoms with Gasteiger partial charge in [0.1, 0.15) is 0 Å². The van der Waals surface area contributed by atoms with Crippen LogP contribution < -0.4 is 5.73 Å². The first kappa shape index (κ1) is 12.6. The maximum Gasteiger partial charge on any atom is 0.248 e. The van der Waals surface area contributed by atoms with Crippen molar-refractivity contribution in [1.82, 2.24) is 4.90 Å². The molecule has 4 heteroatoms. The van der Waals surface area contributed by atoms with Gasteiger partial charge in [0, 0.05) is 24.2 Å². The molecule has 2 saturated heterocycles. The van der Waals surface area contributed by atoms with E-state index >= 15 is 0 Å². The van der Waals surface area contributed by atoms with Crippen LogP contribution in [-0.4, -0.2) is 34.1 Å². The SMILES string of the molecule is NC(=O)c1ccc(CN2C3CCC2CC(O)C3)cc1. The molecule has 1 aromatic rings. The Balaban J connectivity index is 1.70.